The molecule has 0 unspecified atom stereocenters. The van der Waals surface area contributed by atoms with Crippen LogP contribution in [0.5, 0.6) is 0 Å². The highest BCUT2D eigenvalue weighted by Gasteiger charge is 2.30. The molecule has 4 rings (SSSR count). The van der Waals surface area contributed by atoms with Crippen LogP contribution in [0.3, 0.4) is 0 Å². The Balaban J connectivity index is 1.64. The van der Waals surface area contributed by atoms with E-state index in [1.807, 2.05) is 12.1 Å². The number of thioether (sulfide) groups is 1. The fraction of sp³-hybridized carbons (Fsp3) is 0.480. The molecule has 1 aliphatic rings. The summed E-state index contributed by atoms with van der Waals surface area (Å²) in [4.78, 5) is 33.2. The molecular weight excluding hydrogens is 450 g/mol. The second kappa shape index (κ2) is 10.5. The van der Waals surface area contributed by atoms with Crippen LogP contribution in [-0.4, -0.2) is 48.8 Å². The molecule has 2 atom stereocenters. The summed E-state index contributed by atoms with van der Waals surface area (Å²) in [6.07, 6.45) is 8.13. The Kier molecular flexibility index (Phi) is 7.50. The van der Waals surface area contributed by atoms with Gasteiger partial charge in [0.1, 0.15) is 0 Å². The molecule has 180 valence electrons. The van der Waals surface area contributed by atoms with Gasteiger partial charge >= 0.3 is 5.97 Å². The number of nitrogens with zero attached hydrogens (tertiary/aromatic N) is 4. The van der Waals surface area contributed by atoms with Crippen LogP contribution in [0.15, 0.2) is 29.7 Å². The highest BCUT2D eigenvalue weighted by Crippen LogP contribution is 2.39. The Labute approximate surface area is 203 Å². The average Bonchev–Trinajstić information content (AvgIpc) is 3.38. The van der Waals surface area contributed by atoms with Crippen molar-refractivity contribution < 1.29 is 14.3 Å². The van der Waals surface area contributed by atoms with Gasteiger partial charge in [0.05, 0.1) is 23.5 Å². The smallest absolute Gasteiger partial charge is 0.340 e. The maximum absolute atomic E-state index is 13.3. The number of Topliss-reactive ketones (excluding diaryl/α,β-unsaturated/α-hetero) is 1. The molecule has 9 heteroatoms. The van der Waals surface area contributed by atoms with Crippen LogP contribution in [0.1, 0.15) is 77.7 Å². The third-order valence-corrected chi connectivity index (χ3v) is 7.39. The molecule has 0 radical (unpaired) electrons. The van der Waals surface area contributed by atoms with E-state index in [9.17, 15) is 9.59 Å². The van der Waals surface area contributed by atoms with Crippen LogP contribution in [0.25, 0.3) is 11.4 Å². The fourth-order valence-electron chi connectivity index (χ4n) is 4.84. The third kappa shape index (κ3) is 4.80. The molecule has 0 bridgehead atoms. The lowest BCUT2D eigenvalue weighted by atomic mass is 9.85. The Morgan fingerprint density at radius 3 is 2.65 bits per heavy atom. The van der Waals surface area contributed by atoms with Crippen molar-refractivity contribution >= 4 is 23.5 Å². The Bertz CT molecular complexity index is 1170. The van der Waals surface area contributed by atoms with Crippen molar-refractivity contribution in [2.24, 2.45) is 5.92 Å². The monoisotopic (exact) mass is 481 g/mol. The van der Waals surface area contributed by atoms with Crippen LogP contribution in [0.2, 0.25) is 0 Å². The zero-order valence-corrected chi connectivity index (χ0v) is 20.9. The highest BCUT2D eigenvalue weighted by molar-refractivity contribution is 7.99. The Morgan fingerprint density at radius 1 is 1.18 bits per heavy atom. The van der Waals surface area contributed by atoms with Gasteiger partial charge in [0.15, 0.2) is 16.8 Å². The van der Waals surface area contributed by atoms with Crippen molar-refractivity contribution in [3.63, 3.8) is 0 Å². The summed E-state index contributed by atoms with van der Waals surface area (Å²) in [5.74, 6) is 0.805. The number of carbonyl (C=O) groups is 2. The number of carbonyl (C=O) groups excluding carboxylic acids is 2. The number of hydrogen-bond acceptors (Lipinski definition) is 7. The zero-order valence-electron chi connectivity index (χ0n) is 20.1. The van der Waals surface area contributed by atoms with Crippen molar-refractivity contribution in [2.75, 3.05) is 12.4 Å². The molecule has 0 amide bonds. The summed E-state index contributed by atoms with van der Waals surface area (Å²) < 4.78 is 7.38. The molecule has 0 spiro atoms. The maximum atomic E-state index is 13.3. The summed E-state index contributed by atoms with van der Waals surface area (Å²) in [6.45, 7) is 7.87. The normalized spacial score (nSPS) is 18.1. The number of hydrogen-bond donors (Lipinski definition) is 1. The second-order valence-electron chi connectivity index (χ2n) is 8.80. The molecule has 8 nitrogen and oxygen atoms in total. The molecule has 1 saturated carbocycles. The largest absolute Gasteiger partial charge is 0.462 e. The molecule has 0 saturated heterocycles. The van der Waals surface area contributed by atoms with E-state index in [0.29, 0.717) is 33.6 Å². The number of pyridine rings is 1. The first-order valence-electron chi connectivity index (χ1n) is 11.8. The van der Waals surface area contributed by atoms with Crippen molar-refractivity contribution in [3.05, 3.63) is 47.0 Å². The van der Waals surface area contributed by atoms with Gasteiger partial charge in [-0.1, -0.05) is 31.5 Å². The van der Waals surface area contributed by atoms with Crippen LogP contribution in [0.4, 0.5) is 0 Å². The second-order valence-corrected chi connectivity index (χ2v) is 9.75. The van der Waals surface area contributed by atoms with Gasteiger partial charge in [-0.05, 0) is 51.7 Å². The Hall–Kier alpha value is -2.94. The van der Waals surface area contributed by atoms with E-state index in [0.717, 1.165) is 30.7 Å². The molecule has 3 aromatic heterocycles. The summed E-state index contributed by atoms with van der Waals surface area (Å²) in [5.41, 5.74) is 2.94. The van der Waals surface area contributed by atoms with Gasteiger partial charge in [0, 0.05) is 35.4 Å². The minimum absolute atomic E-state index is 0.135. The van der Waals surface area contributed by atoms with Crippen molar-refractivity contribution in [1.29, 1.82) is 0 Å². The van der Waals surface area contributed by atoms with E-state index in [-0.39, 0.29) is 24.2 Å². The predicted molar refractivity (Wildman–Crippen MR) is 131 cm³/mol. The fourth-order valence-corrected chi connectivity index (χ4v) is 5.70. The van der Waals surface area contributed by atoms with Gasteiger partial charge in [0.25, 0.3) is 0 Å². The number of ketones is 1. The minimum Gasteiger partial charge on any atom is -0.462 e. The number of esters is 1. The van der Waals surface area contributed by atoms with Crippen molar-refractivity contribution in [2.45, 2.75) is 64.6 Å². The average molecular weight is 482 g/mol. The van der Waals surface area contributed by atoms with Crippen LogP contribution >= 0.6 is 11.8 Å². The van der Waals surface area contributed by atoms with Crippen molar-refractivity contribution in [3.8, 4) is 11.4 Å². The molecule has 0 aromatic carbocycles. The molecular formula is C25H31N5O3S. The van der Waals surface area contributed by atoms with E-state index < -0.39 is 5.97 Å². The van der Waals surface area contributed by atoms with Crippen molar-refractivity contribution in [1.82, 2.24) is 24.7 Å². The number of aryl methyl sites for hydroxylation is 2. The van der Waals surface area contributed by atoms with Gasteiger partial charge in [0.2, 0.25) is 0 Å². The van der Waals surface area contributed by atoms with Crippen LogP contribution in [-0.2, 0) is 4.74 Å². The van der Waals surface area contributed by atoms with Gasteiger partial charge in [-0.3, -0.25) is 14.3 Å². The highest BCUT2D eigenvalue weighted by atomic mass is 32.2. The topological polar surface area (TPSA) is 103 Å². The standard InChI is InChI=1S/C25H31N5O3S/c1-5-33-24(32)22-17(4)27-16(3)21(22)20(31)14-34-25-29-28-23(18-10-8-12-26-13-18)30(25)19-11-7-6-9-15(19)2/h8,10,12-13,15,19,27H,5-7,9,11,14H2,1-4H3/t15-,19+/m1/s1. The summed E-state index contributed by atoms with van der Waals surface area (Å²) in [7, 11) is 0. The number of nitrogens with one attached hydrogen (secondary N) is 1. The van der Waals surface area contributed by atoms with Gasteiger partial charge in [-0.25, -0.2) is 4.79 Å². The summed E-state index contributed by atoms with van der Waals surface area (Å²) in [5, 5.41) is 9.69. The lowest BCUT2D eigenvalue weighted by Crippen LogP contribution is -2.23. The zero-order chi connectivity index (χ0) is 24.2. The van der Waals surface area contributed by atoms with E-state index >= 15 is 0 Å². The molecule has 3 aromatic rings. The van der Waals surface area contributed by atoms with Gasteiger partial charge < -0.3 is 9.72 Å². The molecule has 34 heavy (non-hydrogen) atoms. The molecule has 0 aliphatic heterocycles. The van der Waals surface area contributed by atoms with Crippen LogP contribution in [0, 0.1) is 19.8 Å². The first-order chi connectivity index (χ1) is 16.4. The summed E-state index contributed by atoms with van der Waals surface area (Å²) in [6, 6.07) is 4.14. The lowest BCUT2D eigenvalue weighted by molar-refractivity contribution is 0.0522. The SMILES string of the molecule is CCOC(=O)c1c(C)[nH]c(C)c1C(=O)CSc1nnc(-c2cccnc2)n1[C@H]1CCCC[C@H]1C. The number of aromatic nitrogens is 5. The maximum Gasteiger partial charge on any atom is 0.340 e. The van der Waals surface area contributed by atoms with E-state index in [4.69, 9.17) is 4.74 Å². The van der Waals surface area contributed by atoms with E-state index in [2.05, 4.69) is 31.7 Å². The number of ether oxygens (including phenoxy) is 1. The number of rotatable bonds is 8. The minimum atomic E-state index is -0.476. The predicted octanol–water partition coefficient (Wildman–Crippen LogP) is 5.19. The molecule has 1 N–H and O–H groups in total. The molecule has 1 aliphatic carbocycles. The number of H-pyrrole nitrogens is 1. The molecule has 1 fully saturated rings. The molecule has 3 heterocycles. The quantitative estimate of drug-likeness (QED) is 0.268. The van der Waals surface area contributed by atoms with Gasteiger partial charge in [-0.2, -0.15) is 0 Å². The third-order valence-electron chi connectivity index (χ3n) is 6.45. The Morgan fingerprint density at radius 2 is 1.94 bits per heavy atom. The van der Waals surface area contributed by atoms with Crippen LogP contribution < -0.4 is 0 Å². The van der Waals surface area contributed by atoms with E-state index in [1.54, 1.807) is 33.2 Å². The lowest BCUT2D eigenvalue weighted by Gasteiger charge is -2.31. The summed E-state index contributed by atoms with van der Waals surface area (Å²) >= 11 is 1.37. The first-order valence-corrected chi connectivity index (χ1v) is 12.8. The number of aromatic amines is 1. The first kappa shape index (κ1) is 24.2. The van der Waals surface area contributed by atoms with Gasteiger partial charge in [-0.15, -0.1) is 10.2 Å². The van der Waals surface area contributed by atoms with E-state index in [1.165, 1.54) is 18.2 Å².